The zero-order valence-electron chi connectivity index (χ0n) is 22.0. The Bertz CT molecular complexity index is 1410. The van der Waals surface area contributed by atoms with Crippen LogP contribution in [0.15, 0.2) is 91.0 Å². The van der Waals surface area contributed by atoms with E-state index in [2.05, 4.69) is 49.5 Å². The molecule has 0 aliphatic rings. The highest BCUT2D eigenvalue weighted by atomic mass is 31.2. The third-order valence-electron chi connectivity index (χ3n) is 6.73. The molecule has 0 fully saturated rings. The van der Waals surface area contributed by atoms with E-state index in [0.717, 1.165) is 23.1 Å². The first-order valence-electron chi connectivity index (χ1n) is 12.8. The molecular formula is C31H36NO5P. The maximum atomic E-state index is 11.5. The number of benzene rings is 4. The van der Waals surface area contributed by atoms with Gasteiger partial charge in [-0.1, -0.05) is 78.9 Å². The Morgan fingerprint density at radius 3 is 2.26 bits per heavy atom. The van der Waals surface area contributed by atoms with Crippen molar-refractivity contribution in [1.29, 1.82) is 0 Å². The highest BCUT2D eigenvalue weighted by molar-refractivity contribution is 7.60. The fraction of sp³-hybridized carbons (Fsp3) is 0.290. The Morgan fingerprint density at radius 2 is 1.55 bits per heavy atom. The summed E-state index contributed by atoms with van der Waals surface area (Å²) < 4.78 is 17.6. The van der Waals surface area contributed by atoms with Crippen LogP contribution in [0.5, 0.6) is 0 Å². The molecule has 0 spiro atoms. The number of ether oxygens (including phenoxy) is 1. The molecule has 0 aromatic heterocycles. The van der Waals surface area contributed by atoms with Gasteiger partial charge in [0, 0.05) is 12.1 Å². The molecule has 0 amide bonds. The van der Waals surface area contributed by atoms with Gasteiger partial charge < -0.3 is 24.9 Å². The summed E-state index contributed by atoms with van der Waals surface area (Å²) in [4.78, 5) is 18.8. The van der Waals surface area contributed by atoms with E-state index in [1.165, 1.54) is 28.5 Å². The Morgan fingerprint density at radius 1 is 0.895 bits per heavy atom. The van der Waals surface area contributed by atoms with E-state index in [1.54, 1.807) is 12.1 Å². The molecule has 0 unspecified atom stereocenters. The minimum atomic E-state index is -4.29. The number of hydrogen-bond donors (Lipinski definition) is 4. The van der Waals surface area contributed by atoms with Crippen molar-refractivity contribution in [3.63, 3.8) is 0 Å². The largest absolute Gasteiger partial charge is 0.389 e. The van der Waals surface area contributed by atoms with Crippen LogP contribution in [0.4, 0.5) is 0 Å². The summed E-state index contributed by atoms with van der Waals surface area (Å²) in [7, 11) is -4.29. The van der Waals surface area contributed by atoms with Gasteiger partial charge in [0.1, 0.15) is 0 Å². The number of nitrogens with one attached hydrogen (secondary N) is 1. The molecule has 0 radical (unpaired) electrons. The summed E-state index contributed by atoms with van der Waals surface area (Å²) in [5, 5.41) is 16.6. The molecule has 0 heterocycles. The number of fused-ring (bicyclic) bond motifs is 1. The van der Waals surface area contributed by atoms with Crippen LogP contribution >= 0.6 is 7.60 Å². The number of rotatable bonds is 11. The lowest BCUT2D eigenvalue weighted by Gasteiger charge is -2.28. The van der Waals surface area contributed by atoms with E-state index in [1.807, 2.05) is 43.3 Å². The topological polar surface area (TPSA) is 99.0 Å². The monoisotopic (exact) mass is 533 g/mol. The Balaban J connectivity index is 1.33. The van der Waals surface area contributed by atoms with Crippen LogP contribution in [0.1, 0.15) is 38.0 Å². The van der Waals surface area contributed by atoms with Gasteiger partial charge >= 0.3 is 7.60 Å². The maximum Gasteiger partial charge on any atom is 0.356 e. The lowest BCUT2D eigenvalue weighted by Crippen LogP contribution is -2.46. The highest BCUT2D eigenvalue weighted by Crippen LogP contribution is 2.35. The third-order valence-corrected chi connectivity index (χ3v) is 7.70. The summed E-state index contributed by atoms with van der Waals surface area (Å²) >= 11 is 0. The van der Waals surface area contributed by atoms with E-state index in [4.69, 9.17) is 4.74 Å². The van der Waals surface area contributed by atoms with Gasteiger partial charge in [0.25, 0.3) is 0 Å². The van der Waals surface area contributed by atoms with Gasteiger partial charge in [-0.25, -0.2) is 0 Å². The molecule has 0 aliphatic heterocycles. The molecule has 0 aliphatic carbocycles. The van der Waals surface area contributed by atoms with Gasteiger partial charge in [0.15, 0.2) is 0 Å². The van der Waals surface area contributed by atoms with Gasteiger partial charge in [-0.2, -0.15) is 0 Å². The van der Waals surface area contributed by atoms with E-state index < -0.39 is 13.7 Å². The van der Waals surface area contributed by atoms with Crippen LogP contribution < -0.4 is 10.6 Å². The second kappa shape index (κ2) is 11.9. The van der Waals surface area contributed by atoms with Gasteiger partial charge in [0.2, 0.25) is 0 Å². The van der Waals surface area contributed by atoms with Crippen molar-refractivity contribution in [3.05, 3.63) is 102 Å². The second-order valence-electron chi connectivity index (χ2n) is 10.4. The molecule has 4 aromatic rings. The van der Waals surface area contributed by atoms with Crippen LogP contribution in [-0.4, -0.2) is 39.7 Å². The number of hydrogen-bond acceptors (Lipinski definition) is 4. The first-order valence-corrected chi connectivity index (χ1v) is 14.4. The molecule has 7 heteroatoms. The summed E-state index contributed by atoms with van der Waals surface area (Å²) in [6.45, 7) is 6.77. The fourth-order valence-electron chi connectivity index (χ4n) is 4.67. The van der Waals surface area contributed by atoms with Crippen LogP contribution in [-0.2, 0) is 15.7 Å². The molecule has 0 bridgehead atoms. The van der Waals surface area contributed by atoms with Crippen molar-refractivity contribution in [2.75, 3.05) is 13.2 Å². The van der Waals surface area contributed by atoms with Crippen molar-refractivity contribution >= 4 is 23.7 Å². The smallest absolute Gasteiger partial charge is 0.356 e. The molecule has 6 nitrogen and oxygen atoms in total. The van der Waals surface area contributed by atoms with Crippen LogP contribution in [0.2, 0.25) is 0 Å². The molecule has 4 rings (SSSR count). The van der Waals surface area contributed by atoms with Crippen molar-refractivity contribution in [3.8, 4) is 11.1 Å². The predicted octanol–water partition coefficient (Wildman–Crippen LogP) is 5.36. The molecule has 2 atom stereocenters. The lowest BCUT2D eigenvalue weighted by molar-refractivity contribution is -0.00397. The highest BCUT2D eigenvalue weighted by Gasteiger charge is 2.21. The van der Waals surface area contributed by atoms with E-state index in [0.29, 0.717) is 6.54 Å². The van der Waals surface area contributed by atoms with Crippen LogP contribution in [0, 0.1) is 0 Å². The zero-order valence-corrected chi connectivity index (χ0v) is 22.9. The number of aliphatic hydroxyl groups excluding tert-OH is 1. The summed E-state index contributed by atoms with van der Waals surface area (Å²) in [5.41, 5.74) is 3.73. The van der Waals surface area contributed by atoms with Gasteiger partial charge in [-0.3, -0.25) is 4.57 Å². The second-order valence-corrected chi connectivity index (χ2v) is 12.0. The first kappa shape index (κ1) is 28.2. The molecule has 4 aromatic carbocycles. The van der Waals surface area contributed by atoms with Gasteiger partial charge in [-0.05, 0) is 72.4 Å². The zero-order chi connectivity index (χ0) is 27.3. The Labute approximate surface area is 224 Å². The molecule has 38 heavy (non-hydrogen) atoms. The molecule has 4 N–H and O–H groups in total. The summed E-state index contributed by atoms with van der Waals surface area (Å²) in [6, 6.07) is 28.9. The lowest BCUT2D eigenvalue weighted by atomic mass is 9.93. The third kappa shape index (κ3) is 7.39. The average Bonchev–Trinajstić information content (AvgIpc) is 2.90. The predicted molar refractivity (Wildman–Crippen MR) is 154 cm³/mol. The van der Waals surface area contributed by atoms with E-state index in [9.17, 15) is 19.5 Å². The first-order chi connectivity index (χ1) is 18.0. The maximum absolute atomic E-state index is 11.5. The van der Waals surface area contributed by atoms with Gasteiger partial charge in [0.05, 0.1) is 24.1 Å². The molecular weight excluding hydrogens is 497 g/mol. The number of aliphatic hydroxyl groups is 1. The number of β-amino-alcohol motifs (C(OH)–C–C–N with tert-alkyl or cyclic N) is 1. The van der Waals surface area contributed by atoms with Crippen molar-refractivity contribution in [2.45, 2.75) is 44.9 Å². The minimum Gasteiger partial charge on any atom is -0.389 e. The van der Waals surface area contributed by atoms with Crippen molar-refractivity contribution in [2.24, 2.45) is 0 Å². The molecule has 0 saturated carbocycles. The van der Waals surface area contributed by atoms with Crippen LogP contribution in [0.3, 0.4) is 0 Å². The summed E-state index contributed by atoms with van der Waals surface area (Å²) in [6.07, 6.45) is -0.133. The fourth-order valence-corrected chi connectivity index (χ4v) is 5.21. The minimum absolute atomic E-state index is 0.0119. The van der Waals surface area contributed by atoms with Crippen molar-refractivity contribution in [1.82, 2.24) is 5.32 Å². The Hall–Kier alpha value is -2.83. The molecule has 200 valence electrons. The summed E-state index contributed by atoms with van der Waals surface area (Å²) in [5.74, 6) is 0. The normalized spacial score (nSPS) is 13.9. The quantitative estimate of drug-likeness (QED) is 0.194. The van der Waals surface area contributed by atoms with E-state index >= 15 is 0 Å². The van der Waals surface area contributed by atoms with Gasteiger partial charge in [-0.15, -0.1) is 0 Å². The van der Waals surface area contributed by atoms with E-state index in [-0.39, 0.29) is 23.6 Å². The van der Waals surface area contributed by atoms with Crippen LogP contribution in [0.25, 0.3) is 21.9 Å². The molecule has 0 saturated heterocycles. The standard InChI is InChI=1S/C31H36NO5P/c1-22(29-10-6-7-11-30(29)25-14-16-28(17-15-25)38(34,35)36)37-21-27(33)20-32-31(2,3)19-23-12-13-24-8-4-5-9-26(24)18-23/h4-18,22,27,32-33H,19-21H2,1-3H3,(H2,34,35,36)/t22-,27-/m1/s1. The SMILES string of the molecule is C[C@@H](OC[C@H](O)CNC(C)(C)Cc1ccc2ccccc2c1)c1ccccc1-c1ccc(P(=O)(O)O)cc1. The Kier molecular flexibility index (Phi) is 8.84. The van der Waals surface area contributed by atoms with Crippen molar-refractivity contribution < 1.29 is 24.2 Å². The average molecular weight is 534 g/mol.